The van der Waals surface area contributed by atoms with E-state index in [2.05, 4.69) is 63.2 Å². The molecule has 3 heteroatoms. The summed E-state index contributed by atoms with van der Waals surface area (Å²) in [6.45, 7) is 3.19. The van der Waals surface area contributed by atoms with Gasteiger partial charge in [0.25, 0.3) is 0 Å². The van der Waals surface area contributed by atoms with Crippen molar-refractivity contribution in [1.82, 2.24) is 5.32 Å². The molecule has 0 fully saturated rings. The van der Waals surface area contributed by atoms with Crippen molar-refractivity contribution in [2.75, 3.05) is 6.54 Å². The molecule has 1 aromatic carbocycles. The lowest BCUT2D eigenvalue weighted by molar-refractivity contribution is 0.453. The van der Waals surface area contributed by atoms with Crippen LogP contribution in [-0.2, 0) is 6.42 Å². The average molecular weight is 336 g/mol. The number of benzene rings is 1. The second kappa shape index (κ2) is 5.78. The molecule has 1 nitrogen and oxygen atoms in total. The number of thiophene rings is 1. The Labute approximate surface area is 127 Å². The maximum atomic E-state index is 3.69. The first kappa shape index (κ1) is 13.3. The SMILES string of the molecule is CCNC(c1cscc1Br)C1CCc2ccccc21. The molecule has 1 aliphatic rings. The highest BCUT2D eigenvalue weighted by Gasteiger charge is 2.31. The molecule has 3 rings (SSSR count). The smallest absolute Gasteiger partial charge is 0.0409 e. The van der Waals surface area contributed by atoms with Crippen LogP contribution in [0.3, 0.4) is 0 Å². The predicted octanol–water partition coefficient (Wildman–Crippen LogP) is 4.89. The van der Waals surface area contributed by atoms with Gasteiger partial charge in [0.1, 0.15) is 0 Å². The molecule has 19 heavy (non-hydrogen) atoms. The molecule has 2 unspecified atom stereocenters. The minimum atomic E-state index is 0.425. The summed E-state index contributed by atoms with van der Waals surface area (Å²) < 4.78 is 1.24. The van der Waals surface area contributed by atoms with E-state index < -0.39 is 0 Å². The van der Waals surface area contributed by atoms with Gasteiger partial charge in [-0.2, -0.15) is 11.3 Å². The lowest BCUT2D eigenvalue weighted by Crippen LogP contribution is -2.26. The summed E-state index contributed by atoms with van der Waals surface area (Å²) in [5, 5.41) is 8.14. The van der Waals surface area contributed by atoms with Gasteiger partial charge in [0.05, 0.1) is 0 Å². The second-order valence-corrected chi connectivity index (χ2v) is 6.65. The first-order valence-electron chi connectivity index (χ1n) is 6.84. The van der Waals surface area contributed by atoms with Gasteiger partial charge in [-0.15, -0.1) is 0 Å². The van der Waals surface area contributed by atoms with Gasteiger partial charge < -0.3 is 5.32 Å². The van der Waals surface area contributed by atoms with Gasteiger partial charge in [0, 0.05) is 21.8 Å². The van der Waals surface area contributed by atoms with E-state index in [0.717, 1.165) is 6.54 Å². The predicted molar refractivity (Wildman–Crippen MR) is 85.9 cm³/mol. The largest absolute Gasteiger partial charge is 0.310 e. The van der Waals surface area contributed by atoms with Crippen molar-refractivity contribution in [2.45, 2.75) is 31.7 Å². The van der Waals surface area contributed by atoms with Crippen LogP contribution < -0.4 is 5.32 Å². The summed E-state index contributed by atoms with van der Waals surface area (Å²) in [5.74, 6) is 0.599. The van der Waals surface area contributed by atoms with E-state index in [9.17, 15) is 0 Å². The first-order valence-corrected chi connectivity index (χ1v) is 8.57. The molecule has 100 valence electrons. The molecule has 0 saturated heterocycles. The van der Waals surface area contributed by atoms with Crippen LogP contribution in [0.25, 0.3) is 0 Å². The number of nitrogens with one attached hydrogen (secondary N) is 1. The second-order valence-electron chi connectivity index (χ2n) is 5.05. The first-order chi connectivity index (χ1) is 9.31. The van der Waals surface area contributed by atoms with E-state index in [1.807, 2.05) is 0 Å². The van der Waals surface area contributed by atoms with Gasteiger partial charge in [-0.25, -0.2) is 0 Å². The van der Waals surface area contributed by atoms with Crippen molar-refractivity contribution in [3.8, 4) is 0 Å². The van der Waals surface area contributed by atoms with Crippen LogP contribution in [0.5, 0.6) is 0 Å². The summed E-state index contributed by atoms with van der Waals surface area (Å²) in [5.41, 5.74) is 4.47. The van der Waals surface area contributed by atoms with E-state index in [-0.39, 0.29) is 0 Å². The van der Waals surface area contributed by atoms with Gasteiger partial charge in [-0.3, -0.25) is 0 Å². The Balaban J connectivity index is 1.96. The molecule has 2 aromatic rings. The molecule has 1 aliphatic carbocycles. The van der Waals surface area contributed by atoms with Crippen LogP contribution >= 0.6 is 27.3 Å². The van der Waals surface area contributed by atoms with Gasteiger partial charge in [-0.1, -0.05) is 31.2 Å². The summed E-state index contributed by atoms with van der Waals surface area (Å²) in [6, 6.07) is 9.33. The number of fused-ring (bicyclic) bond motifs is 1. The Morgan fingerprint density at radius 2 is 2.21 bits per heavy atom. The molecular formula is C16H18BrNS. The Hall–Kier alpha value is -0.640. The van der Waals surface area contributed by atoms with E-state index >= 15 is 0 Å². The maximum Gasteiger partial charge on any atom is 0.0409 e. The van der Waals surface area contributed by atoms with Gasteiger partial charge in [0.15, 0.2) is 0 Å². The van der Waals surface area contributed by atoms with Crippen LogP contribution in [0.4, 0.5) is 0 Å². The molecule has 0 aliphatic heterocycles. The fourth-order valence-electron chi connectivity index (χ4n) is 3.14. The number of hydrogen-bond acceptors (Lipinski definition) is 2. The molecule has 0 bridgehead atoms. The molecular weight excluding hydrogens is 318 g/mol. The zero-order valence-electron chi connectivity index (χ0n) is 11.0. The molecule has 2 atom stereocenters. The Bertz CT molecular complexity index is 563. The zero-order valence-corrected chi connectivity index (χ0v) is 13.4. The third-order valence-electron chi connectivity index (χ3n) is 3.98. The van der Waals surface area contributed by atoms with Crippen LogP contribution in [0.2, 0.25) is 0 Å². The molecule has 1 N–H and O–H groups in total. The van der Waals surface area contributed by atoms with Crippen LogP contribution in [0.15, 0.2) is 39.5 Å². The minimum absolute atomic E-state index is 0.425. The van der Waals surface area contributed by atoms with Crippen LogP contribution in [0.1, 0.15) is 42.0 Å². The van der Waals surface area contributed by atoms with E-state index in [1.54, 1.807) is 11.3 Å². The van der Waals surface area contributed by atoms with Crippen molar-refractivity contribution in [1.29, 1.82) is 0 Å². The average Bonchev–Trinajstić information content (AvgIpc) is 3.03. The fourth-order valence-corrected chi connectivity index (χ4v) is 4.72. The highest BCUT2D eigenvalue weighted by atomic mass is 79.9. The molecule has 1 aromatic heterocycles. The fraction of sp³-hybridized carbons (Fsp3) is 0.375. The van der Waals surface area contributed by atoms with E-state index in [1.165, 1.54) is 34.0 Å². The Morgan fingerprint density at radius 1 is 1.37 bits per heavy atom. The molecule has 0 amide bonds. The monoisotopic (exact) mass is 335 g/mol. The lowest BCUT2D eigenvalue weighted by Gasteiger charge is -2.25. The van der Waals surface area contributed by atoms with Crippen molar-refractivity contribution in [3.05, 3.63) is 56.2 Å². The number of rotatable bonds is 4. The highest BCUT2D eigenvalue weighted by Crippen LogP contribution is 2.43. The van der Waals surface area contributed by atoms with Crippen molar-refractivity contribution in [3.63, 3.8) is 0 Å². The third-order valence-corrected chi connectivity index (χ3v) is 5.73. The standard InChI is InChI=1S/C16H18BrNS/c1-2-18-16(14-9-19-10-15(14)17)13-8-7-11-5-3-4-6-12(11)13/h3-6,9-10,13,16,18H,2,7-8H2,1H3. The molecule has 1 heterocycles. The van der Waals surface area contributed by atoms with Crippen molar-refractivity contribution >= 4 is 27.3 Å². The summed E-state index contributed by atoms with van der Waals surface area (Å²) >= 11 is 5.47. The third kappa shape index (κ3) is 2.51. The summed E-state index contributed by atoms with van der Waals surface area (Å²) in [7, 11) is 0. The topological polar surface area (TPSA) is 12.0 Å². The van der Waals surface area contributed by atoms with Gasteiger partial charge >= 0.3 is 0 Å². The number of likely N-dealkylation sites (N-methyl/N-ethyl adjacent to an activating group) is 1. The van der Waals surface area contributed by atoms with Crippen LogP contribution in [0, 0.1) is 0 Å². The zero-order chi connectivity index (χ0) is 13.2. The van der Waals surface area contributed by atoms with Gasteiger partial charge in [-0.05, 0) is 57.4 Å². The maximum absolute atomic E-state index is 3.69. The number of hydrogen-bond donors (Lipinski definition) is 1. The van der Waals surface area contributed by atoms with Crippen molar-refractivity contribution in [2.24, 2.45) is 0 Å². The van der Waals surface area contributed by atoms with E-state index in [4.69, 9.17) is 0 Å². The minimum Gasteiger partial charge on any atom is -0.310 e. The van der Waals surface area contributed by atoms with Crippen molar-refractivity contribution < 1.29 is 0 Å². The lowest BCUT2D eigenvalue weighted by atomic mass is 9.89. The quantitative estimate of drug-likeness (QED) is 0.838. The number of halogens is 1. The molecule has 0 spiro atoms. The Morgan fingerprint density at radius 3 is 2.95 bits per heavy atom. The molecule has 0 radical (unpaired) electrons. The summed E-state index contributed by atoms with van der Waals surface area (Å²) in [4.78, 5) is 0. The summed E-state index contributed by atoms with van der Waals surface area (Å²) in [6.07, 6.45) is 2.46. The molecule has 0 saturated carbocycles. The normalized spacial score (nSPS) is 19.4. The van der Waals surface area contributed by atoms with Gasteiger partial charge in [0.2, 0.25) is 0 Å². The highest BCUT2D eigenvalue weighted by molar-refractivity contribution is 9.10. The Kier molecular flexibility index (Phi) is 4.06. The number of aryl methyl sites for hydroxylation is 1. The van der Waals surface area contributed by atoms with Crippen LogP contribution in [-0.4, -0.2) is 6.54 Å². The van der Waals surface area contributed by atoms with E-state index in [0.29, 0.717) is 12.0 Å².